The van der Waals surface area contributed by atoms with E-state index in [0.29, 0.717) is 5.69 Å². The normalized spacial score (nSPS) is 14.0. The Morgan fingerprint density at radius 3 is 2.43 bits per heavy atom. The molecule has 3 rings (SSSR count). The van der Waals surface area contributed by atoms with E-state index in [-0.39, 0.29) is 11.4 Å². The van der Waals surface area contributed by atoms with Crippen LogP contribution in [0.25, 0.3) is 0 Å². The van der Waals surface area contributed by atoms with Gasteiger partial charge in [0.25, 0.3) is 0 Å². The molecular weight excluding hydrogens is 267 g/mol. The number of hydrogen-bond acceptors (Lipinski definition) is 3. The van der Waals surface area contributed by atoms with Gasteiger partial charge in [-0.25, -0.2) is 4.39 Å². The SMILES string of the molecule is CN1CCN(c2cccc(F)c2C(=N)N)c2ccccc21. The number of para-hydroxylation sites is 2. The summed E-state index contributed by atoms with van der Waals surface area (Å²) < 4.78 is 14.1. The molecule has 0 unspecified atom stereocenters. The van der Waals surface area contributed by atoms with Crippen LogP contribution in [0.1, 0.15) is 5.56 Å². The molecule has 4 nitrogen and oxygen atoms in total. The number of hydrogen-bond donors (Lipinski definition) is 2. The lowest BCUT2D eigenvalue weighted by molar-refractivity contribution is 0.624. The summed E-state index contributed by atoms with van der Waals surface area (Å²) in [5.74, 6) is -0.712. The van der Waals surface area contributed by atoms with E-state index in [0.717, 1.165) is 24.5 Å². The van der Waals surface area contributed by atoms with Crippen LogP contribution in [0.5, 0.6) is 0 Å². The lowest BCUT2D eigenvalue weighted by atomic mass is 10.1. The fraction of sp³-hybridized carbons (Fsp3) is 0.188. The summed E-state index contributed by atoms with van der Waals surface area (Å²) >= 11 is 0. The molecule has 0 fully saturated rings. The van der Waals surface area contributed by atoms with Gasteiger partial charge >= 0.3 is 0 Å². The molecule has 0 saturated heterocycles. The summed E-state index contributed by atoms with van der Waals surface area (Å²) in [5.41, 5.74) is 8.47. The van der Waals surface area contributed by atoms with Gasteiger partial charge < -0.3 is 15.5 Å². The second-order valence-electron chi connectivity index (χ2n) is 5.11. The predicted octanol–water partition coefficient (Wildman–Crippen LogP) is 2.70. The van der Waals surface area contributed by atoms with Crippen molar-refractivity contribution < 1.29 is 4.39 Å². The molecule has 108 valence electrons. The zero-order valence-corrected chi connectivity index (χ0v) is 11.8. The number of halogens is 1. The molecule has 0 aliphatic carbocycles. The summed E-state index contributed by atoms with van der Waals surface area (Å²) in [7, 11) is 2.04. The highest BCUT2D eigenvalue weighted by molar-refractivity contribution is 6.02. The number of nitrogens with zero attached hydrogens (tertiary/aromatic N) is 2. The predicted molar refractivity (Wildman–Crippen MR) is 84.1 cm³/mol. The lowest BCUT2D eigenvalue weighted by Gasteiger charge is -2.37. The van der Waals surface area contributed by atoms with Gasteiger partial charge in [0.05, 0.1) is 22.6 Å². The van der Waals surface area contributed by atoms with Crippen molar-refractivity contribution in [1.29, 1.82) is 5.41 Å². The minimum absolute atomic E-state index is 0.164. The van der Waals surface area contributed by atoms with Gasteiger partial charge in [0.2, 0.25) is 0 Å². The van der Waals surface area contributed by atoms with Crippen molar-refractivity contribution in [2.45, 2.75) is 0 Å². The van der Waals surface area contributed by atoms with E-state index in [1.54, 1.807) is 6.07 Å². The first kappa shape index (κ1) is 13.4. The second-order valence-corrected chi connectivity index (χ2v) is 5.11. The average Bonchev–Trinajstić information content (AvgIpc) is 2.47. The standard InChI is InChI=1S/C16H17FN4/c1-20-9-10-21(13-7-3-2-6-12(13)20)14-8-4-5-11(17)15(14)16(18)19/h2-8H,9-10H2,1H3,(H3,18,19). The first-order valence-corrected chi connectivity index (χ1v) is 6.80. The Hall–Kier alpha value is -2.56. The summed E-state index contributed by atoms with van der Waals surface area (Å²) in [5, 5.41) is 7.66. The fourth-order valence-electron chi connectivity index (χ4n) is 2.76. The molecule has 1 aliphatic heterocycles. The van der Waals surface area contributed by atoms with E-state index in [4.69, 9.17) is 11.1 Å². The van der Waals surface area contributed by atoms with Crippen molar-refractivity contribution in [2.75, 3.05) is 29.9 Å². The van der Waals surface area contributed by atoms with Crippen LogP contribution in [-0.2, 0) is 0 Å². The molecule has 5 heteroatoms. The van der Waals surface area contributed by atoms with Gasteiger partial charge in [-0.1, -0.05) is 18.2 Å². The highest BCUT2D eigenvalue weighted by Crippen LogP contribution is 2.38. The molecular formula is C16H17FN4. The van der Waals surface area contributed by atoms with Crippen molar-refractivity contribution in [1.82, 2.24) is 0 Å². The number of nitrogens with one attached hydrogen (secondary N) is 1. The third kappa shape index (κ3) is 2.20. The first-order valence-electron chi connectivity index (χ1n) is 6.80. The average molecular weight is 284 g/mol. The van der Waals surface area contributed by atoms with E-state index >= 15 is 0 Å². The van der Waals surface area contributed by atoms with Crippen LogP contribution >= 0.6 is 0 Å². The van der Waals surface area contributed by atoms with Crippen LogP contribution in [0, 0.1) is 11.2 Å². The van der Waals surface area contributed by atoms with Crippen molar-refractivity contribution in [3.8, 4) is 0 Å². The molecule has 2 aromatic rings. The Kier molecular flexibility index (Phi) is 3.25. The van der Waals surface area contributed by atoms with Crippen molar-refractivity contribution in [3.63, 3.8) is 0 Å². The topological polar surface area (TPSA) is 56.4 Å². The number of anilines is 3. The monoisotopic (exact) mass is 284 g/mol. The number of benzene rings is 2. The van der Waals surface area contributed by atoms with Crippen LogP contribution in [-0.4, -0.2) is 26.0 Å². The summed E-state index contributed by atoms with van der Waals surface area (Å²) in [6.07, 6.45) is 0. The summed E-state index contributed by atoms with van der Waals surface area (Å²) in [6, 6.07) is 12.8. The Balaban J connectivity index is 2.17. The quantitative estimate of drug-likeness (QED) is 0.658. The van der Waals surface area contributed by atoms with Gasteiger partial charge in [0, 0.05) is 20.1 Å². The van der Waals surface area contributed by atoms with Gasteiger partial charge in [0.1, 0.15) is 11.7 Å². The van der Waals surface area contributed by atoms with Gasteiger partial charge in [-0.3, -0.25) is 5.41 Å². The van der Waals surface area contributed by atoms with Crippen LogP contribution in [0.2, 0.25) is 0 Å². The molecule has 3 N–H and O–H groups in total. The Bertz CT molecular complexity index is 698. The molecule has 0 spiro atoms. The maximum absolute atomic E-state index is 14.1. The molecule has 1 heterocycles. The maximum Gasteiger partial charge on any atom is 0.136 e. The molecule has 0 aromatic heterocycles. The maximum atomic E-state index is 14.1. The Morgan fingerprint density at radius 1 is 1.05 bits per heavy atom. The van der Waals surface area contributed by atoms with Gasteiger partial charge in [0.15, 0.2) is 0 Å². The highest BCUT2D eigenvalue weighted by atomic mass is 19.1. The zero-order chi connectivity index (χ0) is 15.0. The number of rotatable bonds is 2. The van der Waals surface area contributed by atoms with Gasteiger partial charge in [-0.2, -0.15) is 0 Å². The van der Waals surface area contributed by atoms with Crippen molar-refractivity contribution in [3.05, 3.63) is 53.8 Å². The summed E-state index contributed by atoms with van der Waals surface area (Å²) in [4.78, 5) is 4.19. The summed E-state index contributed by atoms with van der Waals surface area (Å²) in [6.45, 7) is 1.54. The van der Waals surface area contributed by atoms with E-state index in [2.05, 4.69) is 4.90 Å². The lowest BCUT2D eigenvalue weighted by Crippen LogP contribution is -2.37. The zero-order valence-electron chi connectivity index (χ0n) is 11.8. The molecule has 0 saturated carbocycles. The molecule has 0 atom stereocenters. The smallest absolute Gasteiger partial charge is 0.136 e. The second kappa shape index (κ2) is 5.09. The van der Waals surface area contributed by atoms with Gasteiger partial charge in [-0.05, 0) is 24.3 Å². The van der Waals surface area contributed by atoms with E-state index < -0.39 is 5.82 Å². The molecule has 0 bridgehead atoms. The van der Waals surface area contributed by atoms with Crippen molar-refractivity contribution in [2.24, 2.45) is 5.73 Å². The number of likely N-dealkylation sites (N-methyl/N-ethyl adjacent to an activating group) is 1. The Labute approximate surface area is 123 Å². The number of fused-ring (bicyclic) bond motifs is 1. The Morgan fingerprint density at radius 2 is 1.71 bits per heavy atom. The largest absolute Gasteiger partial charge is 0.384 e. The fourth-order valence-corrected chi connectivity index (χ4v) is 2.76. The minimum atomic E-state index is -0.462. The third-order valence-electron chi connectivity index (χ3n) is 3.79. The molecule has 0 radical (unpaired) electrons. The van der Waals surface area contributed by atoms with E-state index in [9.17, 15) is 4.39 Å². The molecule has 0 amide bonds. The molecule has 1 aliphatic rings. The number of nitrogen functional groups attached to an aromatic ring is 1. The van der Waals surface area contributed by atoms with E-state index in [1.165, 1.54) is 6.07 Å². The van der Waals surface area contributed by atoms with Gasteiger partial charge in [-0.15, -0.1) is 0 Å². The minimum Gasteiger partial charge on any atom is -0.384 e. The molecule has 2 aromatic carbocycles. The van der Waals surface area contributed by atoms with Crippen LogP contribution in [0.15, 0.2) is 42.5 Å². The van der Waals surface area contributed by atoms with E-state index in [1.807, 2.05) is 42.3 Å². The first-order chi connectivity index (χ1) is 10.1. The number of amidine groups is 1. The highest BCUT2D eigenvalue weighted by Gasteiger charge is 2.24. The number of nitrogens with two attached hydrogens (primary N) is 1. The van der Waals surface area contributed by atoms with Crippen molar-refractivity contribution >= 4 is 22.9 Å². The van der Waals surface area contributed by atoms with Crippen LogP contribution in [0.3, 0.4) is 0 Å². The third-order valence-corrected chi connectivity index (χ3v) is 3.79. The molecule has 21 heavy (non-hydrogen) atoms. The van der Waals surface area contributed by atoms with Crippen LogP contribution < -0.4 is 15.5 Å². The van der Waals surface area contributed by atoms with Crippen LogP contribution in [0.4, 0.5) is 21.5 Å².